The van der Waals surface area contributed by atoms with Crippen LogP contribution in [0.5, 0.6) is 0 Å². The first-order chi connectivity index (χ1) is 14.3. The first kappa shape index (κ1) is 21.3. The lowest BCUT2D eigenvalue weighted by atomic mass is 10.2. The molecular formula is C22H20ClFN4O2. The van der Waals surface area contributed by atoms with Crippen molar-refractivity contribution in [1.29, 1.82) is 0 Å². The number of halogens is 2. The summed E-state index contributed by atoms with van der Waals surface area (Å²) in [7, 11) is 0. The number of rotatable bonds is 4. The van der Waals surface area contributed by atoms with Crippen molar-refractivity contribution < 1.29 is 14.0 Å². The zero-order valence-electron chi connectivity index (χ0n) is 16.7. The lowest BCUT2D eigenvalue weighted by molar-refractivity contribution is -0.136. The summed E-state index contributed by atoms with van der Waals surface area (Å²) < 4.78 is 15.6. The summed E-state index contributed by atoms with van der Waals surface area (Å²) in [6.07, 6.45) is 1.45. The lowest BCUT2D eigenvalue weighted by Crippen LogP contribution is -2.32. The summed E-state index contributed by atoms with van der Waals surface area (Å²) >= 11 is 6.24. The van der Waals surface area contributed by atoms with Crippen molar-refractivity contribution in [2.45, 2.75) is 20.8 Å². The third-order valence-electron chi connectivity index (χ3n) is 4.58. The Hall–Kier alpha value is -3.45. The highest BCUT2D eigenvalue weighted by Crippen LogP contribution is 2.24. The molecule has 0 fully saturated rings. The highest BCUT2D eigenvalue weighted by molar-refractivity contribution is 6.39. The molecule has 0 spiro atoms. The van der Waals surface area contributed by atoms with Crippen molar-refractivity contribution in [3.05, 3.63) is 81.9 Å². The van der Waals surface area contributed by atoms with Gasteiger partial charge >= 0.3 is 11.8 Å². The van der Waals surface area contributed by atoms with Crippen LogP contribution >= 0.6 is 11.6 Å². The zero-order chi connectivity index (χ0) is 21.8. The van der Waals surface area contributed by atoms with Gasteiger partial charge in [-0.3, -0.25) is 9.59 Å². The third-order valence-corrected chi connectivity index (χ3v) is 4.99. The molecule has 2 N–H and O–H groups in total. The molecule has 0 aliphatic heterocycles. The second-order valence-electron chi connectivity index (χ2n) is 6.73. The molecule has 0 atom stereocenters. The quantitative estimate of drug-likeness (QED) is 0.371. The second kappa shape index (κ2) is 8.92. The normalized spacial score (nSPS) is 11.0. The van der Waals surface area contributed by atoms with Gasteiger partial charge in [-0.15, -0.1) is 0 Å². The maximum absolute atomic E-state index is 13.6. The van der Waals surface area contributed by atoms with Gasteiger partial charge in [0.1, 0.15) is 5.82 Å². The zero-order valence-corrected chi connectivity index (χ0v) is 17.4. The molecule has 2 amide bonds. The van der Waals surface area contributed by atoms with Gasteiger partial charge in [-0.05, 0) is 56.7 Å². The topological polar surface area (TPSA) is 75.5 Å². The minimum absolute atomic E-state index is 0.0815. The van der Waals surface area contributed by atoms with E-state index in [1.807, 2.05) is 49.6 Å². The molecule has 0 radical (unpaired) electrons. The second-order valence-corrected chi connectivity index (χ2v) is 7.14. The van der Waals surface area contributed by atoms with Gasteiger partial charge in [-0.1, -0.05) is 29.8 Å². The molecule has 3 aromatic rings. The van der Waals surface area contributed by atoms with Gasteiger partial charge in [0, 0.05) is 27.7 Å². The Morgan fingerprint density at radius 1 is 1.07 bits per heavy atom. The monoisotopic (exact) mass is 426 g/mol. The average Bonchev–Trinajstić information content (AvgIpc) is 2.99. The molecule has 0 saturated heterocycles. The Kier molecular flexibility index (Phi) is 6.32. The van der Waals surface area contributed by atoms with Crippen LogP contribution in [0.4, 0.5) is 10.1 Å². The van der Waals surface area contributed by atoms with E-state index >= 15 is 0 Å². The maximum atomic E-state index is 13.6. The number of hydrogen-bond acceptors (Lipinski definition) is 3. The van der Waals surface area contributed by atoms with E-state index in [0.717, 1.165) is 28.2 Å². The van der Waals surface area contributed by atoms with Crippen molar-refractivity contribution in [3.63, 3.8) is 0 Å². The molecule has 2 aromatic carbocycles. The average molecular weight is 427 g/mol. The van der Waals surface area contributed by atoms with Crippen molar-refractivity contribution >= 4 is 35.3 Å². The minimum atomic E-state index is -1.02. The number of aromatic nitrogens is 1. The summed E-state index contributed by atoms with van der Waals surface area (Å²) in [6.45, 7) is 5.79. The van der Waals surface area contributed by atoms with E-state index in [-0.39, 0.29) is 5.69 Å². The largest absolute Gasteiger partial charge is 0.329 e. The Balaban J connectivity index is 1.70. The van der Waals surface area contributed by atoms with Gasteiger partial charge in [0.15, 0.2) is 0 Å². The van der Waals surface area contributed by atoms with Gasteiger partial charge in [-0.2, -0.15) is 5.10 Å². The first-order valence-corrected chi connectivity index (χ1v) is 9.50. The number of hydrazone groups is 1. The number of para-hydroxylation sites is 1. The van der Waals surface area contributed by atoms with E-state index in [1.54, 1.807) is 6.07 Å². The van der Waals surface area contributed by atoms with Crippen molar-refractivity contribution in [2.24, 2.45) is 5.10 Å². The molecule has 154 valence electrons. The van der Waals surface area contributed by atoms with Crippen molar-refractivity contribution in [3.8, 4) is 5.69 Å². The standard InChI is InChI=1S/C22H20ClFN4O2/c1-13-8-9-17(11-18(13)23)28-14(2)10-16(15(28)3)12-25-27-22(30)21(29)26-20-7-5-4-6-19(20)24/h4-12H,1-3H3,(H,26,29)(H,27,30)/b25-12-. The molecule has 0 aliphatic carbocycles. The molecule has 0 aliphatic rings. The first-order valence-electron chi connectivity index (χ1n) is 9.12. The predicted molar refractivity (Wildman–Crippen MR) is 116 cm³/mol. The number of benzene rings is 2. The van der Waals surface area contributed by atoms with E-state index in [1.165, 1.54) is 24.4 Å². The van der Waals surface area contributed by atoms with Crippen LogP contribution in [0.25, 0.3) is 5.69 Å². The fourth-order valence-corrected chi connectivity index (χ4v) is 3.16. The fourth-order valence-electron chi connectivity index (χ4n) is 2.99. The van der Waals surface area contributed by atoms with Gasteiger partial charge in [0.05, 0.1) is 11.9 Å². The van der Waals surface area contributed by atoms with Gasteiger partial charge in [0.25, 0.3) is 0 Å². The Morgan fingerprint density at radius 2 is 1.80 bits per heavy atom. The van der Waals surface area contributed by atoms with E-state index in [9.17, 15) is 14.0 Å². The summed E-state index contributed by atoms with van der Waals surface area (Å²) in [5, 5.41) is 6.72. The van der Waals surface area contributed by atoms with E-state index in [4.69, 9.17) is 11.6 Å². The van der Waals surface area contributed by atoms with Gasteiger partial charge in [0.2, 0.25) is 0 Å². The fraction of sp³-hybridized carbons (Fsp3) is 0.136. The number of anilines is 1. The molecule has 1 aromatic heterocycles. The molecule has 30 heavy (non-hydrogen) atoms. The van der Waals surface area contributed by atoms with Crippen LogP contribution in [0.1, 0.15) is 22.5 Å². The van der Waals surface area contributed by atoms with Crippen molar-refractivity contribution in [2.75, 3.05) is 5.32 Å². The summed E-state index contributed by atoms with van der Waals surface area (Å²) in [5.41, 5.74) is 6.57. The number of carbonyl (C=O) groups excluding carboxylic acids is 2. The van der Waals surface area contributed by atoms with E-state index in [2.05, 4.69) is 15.8 Å². The van der Waals surface area contributed by atoms with Crippen LogP contribution in [-0.4, -0.2) is 22.6 Å². The van der Waals surface area contributed by atoms with Crippen LogP contribution in [0.15, 0.2) is 53.6 Å². The molecule has 1 heterocycles. The number of amides is 2. The third kappa shape index (κ3) is 4.58. The molecule has 6 nitrogen and oxygen atoms in total. The summed E-state index contributed by atoms with van der Waals surface area (Å²) in [6, 6.07) is 13.3. The maximum Gasteiger partial charge on any atom is 0.329 e. The van der Waals surface area contributed by atoms with E-state index < -0.39 is 17.6 Å². The summed E-state index contributed by atoms with van der Waals surface area (Å²) in [4.78, 5) is 23.8. The Bertz CT molecular complexity index is 1150. The minimum Gasteiger partial charge on any atom is -0.318 e. The lowest BCUT2D eigenvalue weighted by Gasteiger charge is -2.11. The van der Waals surface area contributed by atoms with Gasteiger partial charge in [-0.25, -0.2) is 9.82 Å². The van der Waals surface area contributed by atoms with Gasteiger partial charge < -0.3 is 9.88 Å². The Labute approximate surface area is 178 Å². The number of hydrogen-bond donors (Lipinski definition) is 2. The molecular weight excluding hydrogens is 407 g/mol. The molecule has 8 heteroatoms. The Morgan fingerprint density at radius 3 is 2.50 bits per heavy atom. The van der Waals surface area contributed by atoms with E-state index in [0.29, 0.717) is 5.02 Å². The molecule has 0 bridgehead atoms. The number of nitrogens with zero attached hydrogens (tertiary/aromatic N) is 2. The molecule has 3 rings (SSSR count). The molecule has 0 saturated carbocycles. The number of aryl methyl sites for hydroxylation is 2. The smallest absolute Gasteiger partial charge is 0.318 e. The highest BCUT2D eigenvalue weighted by Gasteiger charge is 2.15. The SMILES string of the molecule is Cc1ccc(-n2c(C)cc(/C=N\NC(=O)C(=O)Nc3ccccc3F)c2C)cc1Cl. The van der Waals surface area contributed by atoms with Crippen LogP contribution in [0.2, 0.25) is 5.02 Å². The summed E-state index contributed by atoms with van der Waals surface area (Å²) in [5.74, 6) is -2.66. The van der Waals surface area contributed by atoms with Crippen molar-refractivity contribution in [1.82, 2.24) is 9.99 Å². The van der Waals surface area contributed by atoms with Crippen LogP contribution < -0.4 is 10.7 Å². The van der Waals surface area contributed by atoms with Crippen LogP contribution in [0.3, 0.4) is 0 Å². The number of nitrogens with one attached hydrogen (secondary N) is 2. The van der Waals surface area contributed by atoms with Crippen LogP contribution in [-0.2, 0) is 9.59 Å². The molecule has 0 unspecified atom stereocenters. The van der Waals surface area contributed by atoms with Crippen LogP contribution in [0, 0.1) is 26.6 Å². The predicted octanol–water partition coefficient (Wildman–Crippen LogP) is 4.28. The number of carbonyl (C=O) groups is 2. The highest BCUT2D eigenvalue weighted by atomic mass is 35.5.